The second kappa shape index (κ2) is 5.31. The van der Waals surface area contributed by atoms with E-state index in [0.717, 1.165) is 5.56 Å². The molecule has 4 heteroatoms. The molecule has 0 radical (unpaired) electrons. The first-order chi connectivity index (χ1) is 8.66. The third-order valence-corrected chi connectivity index (χ3v) is 2.56. The molecule has 0 aliphatic heterocycles. The summed E-state index contributed by atoms with van der Waals surface area (Å²) in [7, 11) is 0. The fourth-order valence-electron chi connectivity index (χ4n) is 1.50. The highest BCUT2D eigenvalue weighted by atomic mass is 16.3. The zero-order chi connectivity index (χ0) is 13.0. The van der Waals surface area contributed by atoms with Crippen LogP contribution in [0.4, 0.5) is 0 Å². The second-order valence-corrected chi connectivity index (χ2v) is 4.00. The highest BCUT2D eigenvalue weighted by Gasteiger charge is 2.09. The molecular formula is C14H14N2O2. The van der Waals surface area contributed by atoms with E-state index in [1.54, 1.807) is 19.2 Å². The van der Waals surface area contributed by atoms with Crippen molar-refractivity contribution in [2.45, 2.75) is 13.8 Å². The number of carbonyl (C=O) groups is 1. The van der Waals surface area contributed by atoms with Gasteiger partial charge in [0.2, 0.25) is 0 Å². The zero-order valence-corrected chi connectivity index (χ0v) is 10.3. The number of hydrazone groups is 1. The number of benzene rings is 1. The summed E-state index contributed by atoms with van der Waals surface area (Å²) in [6, 6.07) is 9.47. The lowest BCUT2D eigenvalue weighted by Gasteiger charge is -1.97. The molecule has 0 saturated heterocycles. The minimum atomic E-state index is -0.274. The van der Waals surface area contributed by atoms with Crippen molar-refractivity contribution in [2.75, 3.05) is 0 Å². The summed E-state index contributed by atoms with van der Waals surface area (Å²) in [4.78, 5) is 11.7. The van der Waals surface area contributed by atoms with Crippen LogP contribution in [0, 0.1) is 13.8 Å². The maximum absolute atomic E-state index is 11.7. The van der Waals surface area contributed by atoms with Crippen molar-refractivity contribution in [3.8, 4) is 0 Å². The normalized spacial score (nSPS) is 10.8. The standard InChI is InChI=1S/C14H14N2O2/c1-10-3-5-12(6-4-10)9-15-16-14(17)13-7-8-18-11(13)2/h3-9H,1-2H3,(H,16,17)/b15-9-. The van der Waals surface area contributed by atoms with Crippen molar-refractivity contribution in [3.05, 3.63) is 59.0 Å². The molecule has 0 aliphatic carbocycles. The SMILES string of the molecule is Cc1ccc(/C=N\NC(=O)c2ccoc2C)cc1. The van der Waals surface area contributed by atoms with E-state index in [0.29, 0.717) is 11.3 Å². The van der Waals surface area contributed by atoms with E-state index in [1.807, 2.05) is 31.2 Å². The number of furan rings is 1. The van der Waals surface area contributed by atoms with Gasteiger partial charge in [0.1, 0.15) is 5.76 Å². The monoisotopic (exact) mass is 242 g/mol. The summed E-state index contributed by atoms with van der Waals surface area (Å²) in [6.45, 7) is 3.75. The van der Waals surface area contributed by atoms with Gasteiger partial charge >= 0.3 is 0 Å². The number of aryl methyl sites for hydroxylation is 2. The molecule has 2 aromatic rings. The smallest absolute Gasteiger partial charge is 0.274 e. The highest BCUT2D eigenvalue weighted by Crippen LogP contribution is 2.07. The first kappa shape index (κ1) is 12.1. The Labute approximate surface area is 105 Å². The molecule has 0 bridgehead atoms. The van der Waals surface area contributed by atoms with Gasteiger partial charge in [-0.3, -0.25) is 4.79 Å². The fourth-order valence-corrected chi connectivity index (χ4v) is 1.50. The lowest BCUT2D eigenvalue weighted by Crippen LogP contribution is -2.17. The molecule has 18 heavy (non-hydrogen) atoms. The van der Waals surface area contributed by atoms with Gasteiger partial charge in [-0.1, -0.05) is 29.8 Å². The second-order valence-electron chi connectivity index (χ2n) is 4.00. The van der Waals surface area contributed by atoms with Gasteiger partial charge in [-0.2, -0.15) is 5.10 Å². The zero-order valence-electron chi connectivity index (χ0n) is 10.3. The molecule has 1 heterocycles. The van der Waals surface area contributed by atoms with E-state index in [9.17, 15) is 4.79 Å². The van der Waals surface area contributed by atoms with Crippen LogP contribution in [0.15, 0.2) is 46.1 Å². The summed E-state index contributed by atoms with van der Waals surface area (Å²) in [5, 5.41) is 3.90. The number of nitrogens with one attached hydrogen (secondary N) is 1. The van der Waals surface area contributed by atoms with Gasteiger partial charge in [0.25, 0.3) is 5.91 Å². The Hall–Kier alpha value is -2.36. The average molecular weight is 242 g/mol. The van der Waals surface area contributed by atoms with Crippen molar-refractivity contribution in [1.29, 1.82) is 0 Å². The molecule has 0 aliphatic rings. The minimum absolute atomic E-state index is 0.274. The fraction of sp³-hybridized carbons (Fsp3) is 0.143. The Morgan fingerprint density at radius 2 is 1.94 bits per heavy atom. The van der Waals surface area contributed by atoms with Gasteiger partial charge in [0, 0.05) is 0 Å². The Morgan fingerprint density at radius 3 is 2.56 bits per heavy atom. The first-order valence-corrected chi connectivity index (χ1v) is 5.61. The molecule has 0 fully saturated rings. The number of hydrogen-bond donors (Lipinski definition) is 1. The van der Waals surface area contributed by atoms with Crippen LogP contribution in [-0.4, -0.2) is 12.1 Å². The van der Waals surface area contributed by atoms with E-state index in [2.05, 4.69) is 10.5 Å². The third-order valence-electron chi connectivity index (χ3n) is 2.56. The summed E-state index contributed by atoms with van der Waals surface area (Å²) >= 11 is 0. The van der Waals surface area contributed by atoms with Gasteiger partial charge in [0.15, 0.2) is 0 Å². The lowest BCUT2D eigenvalue weighted by molar-refractivity contribution is 0.0953. The van der Waals surface area contributed by atoms with Gasteiger partial charge in [-0.15, -0.1) is 0 Å². The quantitative estimate of drug-likeness (QED) is 0.664. The van der Waals surface area contributed by atoms with Crippen LogP contribution in [0.5, 0.6) is 0 Å². The van der Waals surface area contributed by atoms with Crippen LogP contribution >= 0.6 is 0 Å². The Kier molecular flexibility index (Phi) is 3.57. The molecule has 1 N–H and O–H groups in total. The van der Waals surface area contributed by atoms with Gasteiger partial charge in [0.05, 0.1) is 18.0 Å². The van der Waals surface area contributed by atoms with Crippen molar-refractivity contribution in [1.82, 2.24) is 5.43 Å². The topological polar surface area (TPSA) is 54.6 Å². The number of rotatable bonds is 3. The van der Waals surface area contributed by atoms with Crippen molar-refractivity contribution < 1.29 is 9.21 Å². The first-order valence-electron chi connectivity index (χ1n) is 5.61. The summed E-state index contributed by atoms with van der Waals surface area (Å²) in [6.07, 6.45) is 3.08. The van der Waals surface area contributed by atoms with Gasteiger partial charge in [-0.05, 0) is 25.5 Å². The summed E-state index contributed by atoms with van der Waals surface area (Å²) in [5.41, 5.74) is 5.08. The van der Waals surface area contributed by atoms with E-state index >= 15 is 0 Å². The highest BCUT2D eigenvalue weighted by molar-refractivity contribution is 5.95. The molecule has 0 saturated carbocycles. The average Bonchev–Trinajstić information content (AvgIpc) is 2.78. The summed E-state index contributed by atoms with van der Waals surface area (Å²) in [5.74, 6) is 0.308. The summed E-state index contributed by atoms with van der Waals surface area (Å²) < 4.78 is 5.05. The predicted octanol–water partition coefficient (Wildman–Crippen LogP) is 2.66. The van der Waals surface area contributed by atoms with Crippen LogP contribution in [0.2, 0.25) is 0 Å². The van der Waals surface area contributed by atoms with Crippen molar-refractivity contribution in [3.63, 3.8) is 0 Å². The molecular weight excluding hydrogens is 228 g/mol. The number of amides is 1. The minimum Gasteiger partial charge on any atom is -0.469 e. The lowest BCUT2D eigenvalue weighted by atomic mass is 10.2. The van der Waals surface area contributed by atoms with Crippen LogP contribution < -0.4 is 5.43 Å². The molecule has 92 valence electrons. The molecule has 0 unspecified atom stereocenters. The molecule has 1 amide bonds. The van der Waals surface area contributed by atoms with E-state index in [-0.39, 0.29) is 5.91 Å². The van der Waals surface area contributed by atoms with E-state index < -0.39 is 0 Å². The van der Waals surface area contributed by atoms with E-state index in [4.69, 9.17) is 4.42 Å². The van der Waals surface area contributed by atoms with Crippen LogP contribution in [-0.2, 0) is 0 Å². The van der Waals surface area contributed by atoms with Crippen molar-refractivity contribution >= 4 is 12.1 Å². The van der Waals surface area contributed by atoms with Crippen molar-refractivity contribution in [2.24, 2.45) is 5.10 Å². The van der Waals surface area contributed by atoms with Gasteiger partial charge in [-0.25, -0.2) is 5.43 Å². The van der Waals surface area contributed by atoms with Crippen LogP contribution in [0.25, 0.3) is 0 Å². The molecule has 0 spiro atoms. The molecule has 4 nitrogen and oxygen atoms in total. The molecule has 2 rings (SSSR count). The Morgan fingerprint density at radius 1 is 1.22 bits per heavy atom. The van der Waals surface area contributed by atoms with Gasteiger partial charge < -0.3 is 4.42 Å². The third kappa shape index (κ3) is 2.85. The van der Waals surface area contributed by atoms with Crippen LogP contribution in [0.3, 0.4) is 0 Å². The maximum atomic E-state index is 11.7. The maximum Gasteiger partial charge on any atom is 0.274 e. The molecule has 1 aromatic heterocycles. The Balaban J connectivity index is 1.98. The molecule has 0 atom stereocenters. The Bertz CT molecular complexity index is 568. The molecule has 1 aromatic carbocycles. The number of carbonyl (C=O) groups excluding carboxylic acids is 1. The number of hydrogen-bond acceptors (Lipinski definition) is 3. The predicted molar refractivity (Wildman–Crippen MR) is 69.7 cm³/mol. The van der Waals surface area contributed by atoms with Crippen LogP contribution in [0.1, 0.15) is 27.2 Å². The van der Waals surface area contributed by atoms with E-state index in [1.165, 1.54) is 11.8 Å². The largest absolute Gasteiger partial charge is 0.469 e. The number of nitrogens with zero attached hydrogens (tertiary/aromatic N) is 1.